The standard InChI is InChI=1S/C15H21NO3/c1-11-5-3-6-12(2)16(11)10-19-14-8-4-7-13(9-14)15(17)18/h4,7-9,11-12H,3,5-6,10H2,1-2H3,(H,17,18). The first-order chi connectivity index (χ1) is 9.08. The van der Waals surface area contributed by atoms with Crippen molar-refractivity contribution in [3.63, 3.8) is 0 Å². The van der Waals surface area contributed by atoms with Crippen LogP contribution in [0.2, 0.25) is 0 Å². The highest BCUT2D eigenvalue weighted by atomic mass is 16.5. The summed E-state index contributed by atoms with van der Waals surface area (Å²) in [5.41, 5.74) is 0.261. The van der Waals surface area contributed by atoms with Crippen LogP contribution < -0.4 is 4.74 Å². The fourth-order valence-corrected chi connectivity index (χ4v) is 2.60. The number of nitrogens with zero attached hydrogens (tertiary/aromatic N) is 1. The number of carboxylic acid groups (broad SMARTS) is 1. The van der Waals surface area contributed by atoms with Crippen molar-refractivity contribution in [3.8, 4) is 5.75 Å². The molecule has 2 rings (SSSR count). The van der Waals surface area contributed by atoms with Gasteiger partial charge < -0.3 is 9.84 Å². The van der Waals surface area contributed by atoms with E-state index in [1.165, 1.54) is 19.3 Å². The van der Waals surface area contributed by atoms with Crippen molar-refractivity contribution < 1.29 is 14.6 Å². The van der Waals surface area contributed by atoms with Crippen molar-refractivity contribution in [2.75, 3.05) is 6.73 Å². The molecule has 1 aliphatic rings. The molecule has 0 spiro atoms. The minimum absolute atomic E-state index is 0.261. The van der Waals surface area contributed by atoms with Crippen LogP contribution in [0.3, 0.4) is 0 Å². The maximum absolute atomic E-state index is 10.9. The Hall–Kier alpha value is -1.55. The molecule has 0 radical (unpaired) electrons. The maximum atomic E-state index is 10.9. The second-order valence-corrected chi connectivity index (χ2v) is 5.25. The fraction of sp³-hybridized carbons (Fsp3) is 0.533. The van der Waals surface area contributed by atoms with Crippen LogP contribution >= 0.6 is 0 Å². The number of carbonyl (C=O) groups is 1. The molecular formula is C15H21NO3. The van der Waals surface area contributed by atoms with Crippen molar-refractivity contribution in [3.05, 3.63) is 29.8 Å². The van der Waals surface area contributed by atoms with Gasteiger partial charge in [-0.15, -0.1) is 0 Å². The average Bonchev–Trinajstić information content (AvgIpc) is 2.38. The van der Waals surface area contributed by atoms with Gasteiger partial charge in [-0.1, -0.05) is 12.5 Å². The van der Waals surface area contributed by atoms with E-state index in [1.807, 2.05) is 0 Å². The van der Waals surface area contributed by atoms with Crippen molar-refractivity contribution >= 4 is 5.97 Å². The Balaban J connectivity index is 1.98. The molecule has 0 aliphatic carbocycles. The number of piperidine rings is 1. The molecule has 1 fully saturated rings. The Morgan fingerprint density at radius 1 is 1.37 bits per heavy atom. The van der Waals surface area contributed by atoms with E-state index in [1.54, 1.807) is 24.3 Å². The molecule has 4 nitrogen and oxygen atoms in total. The highest BCUT2D eigenvalue weighted by Gasteiger charge is 2.24. The van der Waals surface area contributed by atoms with Gasteiger partial charge in [0.2, 0.25) is 0 Å². The first-order valence-corrected chi connectivity index (χ1v) is 6.80. The quantitative estimate of drug-likeness (QED) is 0.907. The Morgan fingerprint density at radius 2 is 2.05 bits per heavy atom. The molecule has 2 unspecified atom stereocenters. The van der Waals surface area contributed by atoms with Crippen molar-refractivity contribution in [1.29, 1.82) is 0 Å². The largest absolute Gasteiger partial charge is 0.478 e. The molecule has 1 aliphatic heterocycles. The lowest BCUT2D eigenvalue weighted by Crippen LogP contribution is -2.45. The van der Waals surface area contributed by atoms with E-state index < -0.39 is 5.97 Å². The molecular weight excluding hydrogens is 242 g/mol. The topological polar surface area (TPSA) is 49.8 Å². The van der Waals surface area contributed by atoms with Crippen LogP contribution in [0.15, 0.2) is 24.3 Å². The zero-order valence-corrected chi connectivity index (χ0v) is 11.5. The van der Waals surface area contributed by atoms with Gasteiger partial charge in [0, 0.05) is 12.1 Å². The second kappa shape index (κ2) is 6.06. The first-order valence-electron chi connectivity index (χ1n) is 6.80. The van der Waals surface area contributed by atoms with Gasteiger partial charge in [0.15, 0.2) is 0 Å². The van der Waals surface area contributed by atoms with E-state index in [-0.39, 0.29) is 5.56 Å². The Morgan fingerprint density at radius 3 is 2.68 bits per heavy atom. The molecule has 1 N–H and O–H groups in total. The van der Waals surface area contributed by atoms with Gasteiger partial charge in [0.25, 0.3) is 0 Å². The zero-order chi connectivity index (χ0) is 13.8. The third-order valence-corrected chi connectivity index (χ3v) is 3.84. The molecule has 1 heterocycles. The SMILES string of the molecule is CC1CCCC(C)N1COc1cccc(C(=O)O)c1. The van der Waals surface area contributed by atoms with Crippen LogP contribution in [-0.2, 0) is 0 Å². The van der Waals surface area contributed by atoms with E-state index in [4.69, 9.17) is 9.84 Å². The molecule has 0 aromatic heterocycles. The fourth-order valence-electron chi connectivity index (χ4n) is 2.60. The molecule has 0 saturated carbocycles. The molecule has 4 heteroatoms. The highest BCUT2D eigenvalue weighted by molar-refractivity contribution is 5.87. The van der Waals surface area contributed by atoms with Gasteiger partial charge >= 0.3 is 5.97 Å². The summed E-state index contributed by atoms with van der Waals surface area (Å²) in [6.07, 6.45) is 3.67. The minimum atomic E-state index is -0.926. The Kier molecular flexibility index (Phi) is 4.43. The molecule has 1 aromatic rings. The lowest BCUT2D eigenvalue weighted by Gasteiger charge is -2.38. The third-order valence-electron chi connectivity index (χ3n) is 3.84. The molecule has 104 valence electrons. The monoisotopic (exact) mass is 263 g/mol. The lowest BCUT2D eigenvalue weighted by atomic mass is 9.98. The normalized spacial score (nSPS) is 24.1. The van der Waals surface area contributed by atoms with Crippen molar-refractivity contribution in [2.45, 2.75) is 45.2 Å². The van der Waals surface area contributed by atoms with Gasteiger partial charge in [-0.25, -0.2) is 4.79 Å². The number of benzene rings is 1. The number of rotatable bonds is 4. The summed E-state index contributed by atoms with van der Waals surface area (Å²) in [5, 5.41) is 8.94. The minimum Gasteiger partial charge on any atom is -0.478 e. The van der Waals surface area contributed by atoms with E-state index >= 15 is 0 Å². The van der Waals surface area contributed by atoms with Crippen LogP contribution in [0.5, 0.6) is 5.75 Å². The molecule has 19 heavy (non-hydrogen) atoms. The van der Waals surface area contributed by atoms with E-state index in [0.717, 1.165) is 0 Å². The maximum Gasteiger partial charge on any atom is 0.335 e. The number of hydrogen-bond acceptors (Lipinski definition) is 3. The lowest BCUT2D eigenvalue weighted by molar-refractivity contribution is 0.0271. The molecule has 2 atom stereocenters. The number of likely N-dealkylation sites (tertiary alicyclic amines) is 1. The predicted octanol–water partition coefficient (Wildman–Crippen LogP) is 2.98. The van der Waals surface area contributed by atoms with Gasteiger partial charge in [0.1, 0.15) is 12.5 Å². The summed E-state index contributed by atoms with van der Waals surface area (Å²) in [4.78, 5) is 13.2. The first kappa shape index (κ1) is 13.9. The van der Waals surface area contributed by atoms with Crippen LogP contribution in [0.25, 0.3) is 0 Å². The number of aromatic carboxylic acids is 1. The van der Waals surface area contributed by atoms with Crippen molar-refractivity contribution in [2.24, 2.45) is 0 Å². The predicted molar refractivity (Wildman–Crippen MR) is 73.5 cm³/mol. The highest BCUT2D eigenvalue weighted by Crippen LogP contribution is 2.23. The van der Waals surface area contributed by atoms with Gasteiger partial charge in [-0.05, 0) is 44.9 Å². The smallest absolute Gasteiger partial charge is 0.335 e. The zero-order valence-electron chi connectivity index (χ0n) is 11.5. The average molecular weight is 263 g/mol. The Bertz CT molecular complexity index is 437. The van der Waals surface area contributed by atoms with Crippen LogP contribution in [0.1, 0.15) is 43.5 Å². The summed E-state index contributed by atoms with van der Waals surface area (Å²) in [6, 6.07) is 7.69. The van der Waals surface area contributed by atoms with Crippen LogP contribution in [0, 0.1) is 0 Å². The number of hydrogen-bond donors (Lipinski definition) is 1. The second-order valence-electron chi connectivity index (χ2n) is 5.25. The summed E-state index contributed by atoms with van der Waals surface area (Å²) in [7, 11) is 0. The van der Waals surface area contributed by atoms with Crippen LogP contribution in [0.4, 0.5) is 0 Å². The molecule has 1 aromatic carbocycles. The third kappa shape index (κ3) is 3.47. The number of ether oxygens (including phenoxy) is 1. The van der Waals surface area contributed by atoms with Crippen molar-refractivity contribution in [1.82, 2.24) is 4.90 Å². The van der Waals surface area contributed by atoms with E-state index in [9.17, 15) is 4.79 Å². The molecule has 0 amide bonds. The summed E-state index contributed by atoms with van der Waals surface area (Å²) in [5.74, 6) is -0.310. The Labute approximate surface area is 114 Å². The van der Waals surface area contributed by atoms with Gasteiger partial charge in [-0.3, -0.25) is 4.90 Å². The molecule has 0 bridgehead atoms. The summed E-state index contributed by atoms with van der Waals surface area (Å²) >= 11 is 0. The summed E-state index contributed by atoms with van der Waals surface area (Å²) in [6.45, 7) is 4.95. The van der Waals surface area contributed by atoms with Gasteiger partial charge in [-0.2, -0.15) is 0 Å². The van der Waals surface area contributed by atoms with Crippen LogP contribution in [-0.4, -0.2) is 34.8 Å². The van der Waals surface area contributed by atoms with E-state index in [2.05, 4.69) is 18.7 Å². The van der Waals surface area contributed by atoms with E-state index in [0.29, 0.717) is 24.6 Å². The summed E-state index contributed by atoms with van der Waals surface area (Å²) < 4.78 is 5.74. The number of carboxylic acids is 1. The molecule has 1 saturated heterocycles. The van der Waals surface area contributed by atoms with Gasteiger partial charge in [0.05, 0.1) is 5.56 Å².